The fraction of sp³-hybridized carbons (Fsp3) is 0.917. The lowest BCUT2D eigenvalue weighted by molar-refractivity contribution is 0.236. The molecule has 0 bridgehead atoms. The van der Waals surface area contributed by atoms with Crippen molar-refractivity contribution in [2.45, 2.75) is 56.8 Å². The molecule has 0 N–H and O–H groups in total. The van der Waals surface area contributed by atoms with Crippen molar-refractivity contribution in [3.8, 4) is 0 Å². The molecule has 84 valence electrons. The Morgan fingerprint density at radius 2 is 2.20 bits per heavy atom. The van der Waals surface area contributed by atoms with E-state index in [0.717, 1.165) is 12.0 Å². The van der Waals surface area contributed by atoms with Crippen LogP contribution < -0.4 is 0 Å². The Balaban J connectivity index is 2.13. The summed E-state index contributed by atoms with van der Waals surface area (Å²) in [6.45, 7) is 2.43. The maximum atomic E-state index is 5.45. The van der Waals surface area contributed by atoms with Crippen LogP contribution in [-0.2, 0) is 0 Å². The molecule has 0 radical (unpaired) electrons. The molecule has 1 aliphatic heterocycles. The zero-order valence-corrected chi connectivity index (χ0v) is 11.1. The number of likely N-dealkylation sites (tertiary alicyclic amines) is 1. The van der Waals surface area contributed by atoms with Gasteiger partial charge in [0.25, 0.3) is 0 Å². The molecule has 0 amide bonds. The molecule has 2 fully saturated rings. The summed E-state index contributed by atoms with van der Waals surface area (Å²) < 4.78 is 0. The molecule has 15 heavy (non-hydrogen) atoms. The van der Waals surface area contributed by atoms with Gasteiger partial charge < -0.3 is 4.90 Å². The molecular weight excluding hydrogens is 201 g/mol. The molecule has 1 saturated heterocycles. The highest BCUT2D eigenvalue weighted by Gasteiger charge is 2.38. The second-order valence-corrected chi connectivity index (χ2v) is 6.62. The molecular formula is C12H22BNS. The third-order valence-corrected chi connectivity index (χ3v) is 4.74. The Morgan fingerprint density at radius 1 is 1.47 bits per heavy atom. The average Bonchev–Trinajstić information content (AvgIpc) is 2.35. The van der Waals surface area contributed by atoms with Gasteiger partial charge in [0.05, 0.1) is 4.99 Å². The van der Waals surface area contributed by atoms with Gasteiger partial charge in [-0.15, -0.1) is 0 Å². The van der Waals surface area contributed by atoms with Crippen molar-refractivity contribution >= 4 is 25.1 Å². The van der Waals surface area contributed by atoms with Crippen LogP contribution in [0.1, 0.15) is 45.4 Å². The molecule has 0 aromatic carbocycles. The van der Waals surface area contributed by atoms with Crippen LogP contribution in [0.5, 0.6) is 0 Å². The van der Waals surface area contributed by atoms with Crippen molar-refractivity contribution in [2.24, 2.45) is 5.92 Å². The molecule has 1 saturated carbocycles. The summed E-state index contributed by atoms with van der Waals surface area (Å²) in [5.41, 5.74) is 0. The van der Waals surface area contributed by atoms with E-state index in [0.29, 0.717) is 5.31 Å². The fourth-order valence-corrected chi connectivity index (χ4v) is 3.76. The van der Waals surface area contributed by atoms with Crippen LogP contribution in [0.25, 0.3) is 0 Å². The highest BCUT2D eigenvalue weighted by molar-refractivity contribution is 7.80. The van der Waals surface area contributed by atoms with Crippen LogP contribution in [0.2, 0.25) is 5.31 Å². The van der Waals surface area contributed by atoms with E-state index >= 15 is 0 Å². The number of hydrogen-bond donors (Lipinski definition) is 0. The van der Waals surface area contributed by atoms with E-state index in [2.05, 4.69) is 26.7 Å². The van der Waals surface area contributed by atoms with Gasteiger partial charge in [0, 0.05) is 19.5 Å². The Bertz CT molecular complexity index is 264. The number of hydrogen-bond acceptors (Lipinski definition) is 1. The standard InChI is InChI=1S/C12H22BNS/c1-12(13)6-4-3-5-10-9(8-12)7-11(15)14(10)2/h9-10H,3-8,13H2,1-2H3/t9-,10?,12?/m0/s1. The maximum Gasteiger partial charge on any atom is 0.109 e. The number of thiocarbonyl (C=S) groups is 1. The topological polar surface area (TPSA) is 3.24 Å². The summed E-state index contributed by atoms with van der Waals surface area (Å²) in [4.78, 5) is 3.57. The first-order chi connectivity index (χ1) is 6.99. The lowest BCUT2D eigenvalue weighted by Crippen LogP contribution is -2.33. The van der Waals surface area contributed by atoms with E-state index in [1.165, 1.54) is 43.5 Å². The van der Waals surface area contributed by atoms with Crippen molar-refractivity contribution in [3.05, 3.63) is 0 Å². The molecule has 1 aliphatic carbocycles. The van der Waals surface area contributed by atoms with E-state index in [-0.39, 0.29) is 0 Å². The van der Waals surface area contributed by atoms with Gasteiger partial charge in [-0.25, -0.2) is 0 Å². The SMILES string of the molecule is BC1(C)CCCCC2[C@@H](CC(=S)N2C)C1. The highest BCUT2D eigenvalue weighted by atomic mass is 32.1. The monoisotopic (exact) mass is 223 g/mol. The van der Waals surface area contributed by atoms with Crippen molar-refractivity contribution < 1.29 is 0 Å². The fourth-order valence-electron chi connectivity index (χ4n) is 3.41. The molecule has 3 atom stereocenters. The number of nitrogens with zero attached hydrogens (tertiary/aromatic N) is 1. The van der Waals surface area contributed by atoms with Crippen molar-refractivity contribution in [2.75, 3.05) is 7.05 Å². The first-order valence-corrected chi connectivity index (χ1v) is 6.66. The first kappa shape index (κ1) is 11.4. The van der Waals surface area contributed by atoms with Crippen LogP contribution in [0.3, 0.4) is 0 Å². The highest BCUT2D eigenvalue weighted by Crippen LogP contribution is 2.44. The smallest absolute Gasteiger partial charge is 0.109 e. The lowest BCUT2D eigenvalue weighted by Gasteiger charge is -2.35. The minimum Gasteiger partial charge on any atom is -0.366 e. The van der Waals surface area contributed by atoms with Crippen LogP contribution in [0, 0.1) is 5.92 Å². The van der Waals surface area contributed by atoms with Gasteiger partial charge in [-0.05, 0) is 18.8 Å². The number of fused-ring (bicyclic) bond motifs is 1. The minimum atomic E-state index is 0.532. The molecule has 2 rings (SSSR count). The van der Waals surface area contributed by atoms with Gasteiger partial charge in [-0.3, -0.25) is 0 Å². The van der Waals surface area contributed by atoms with E-state index in [4.69, 9.17) is 12.2 Å². The summed E-state index contributed by atoms with van der Waals surface area (Å²) in [6, 6.07) is 0.747. The van der Waals surface area contributed by atoms with E-state index in [1.807, 2.05) is 0 Å². The predicted molar refractivity (Wildman–Crippen MR) is 72.3 cm³/mol. The lowest BCUT2D eigenvalue weighted by atomic mass is 9.60. The summed E-state index contributed by atoms with van der Waals surface area (Å²) in [6.07, 6.45) is 8.07. The molecule has 0 aromatic rings. The second-order valence-electron chi connectivity index (χ2n) is 6.15. The number of rotatable bonds is 0. The molecule has 0 aromatic heterocycles. The van der Waals surface area contributed by atoms with Gasteiger partial charge in [0.15, 0.2) is 0 Å². The van der Waals surface area contributed by atoms with Gasteiger partial charge in [-0.1, -0.05) is 43.7 Å². The molecule has 0 spiro atoms. The Kier molecular flexibility index (Phi) is 3.11. The zero-order chi connectivity index (χ0) is 11.1. The maximum absolute atomic E-state index is 5.45. The first-order valence-electron chi connectivity index (χ1n) is 6.25. The third-order valence-electron chi connectivity index (χ3n) is 4.29. The summed E-state index contributed by atoms with van der Waals surface area (Å²) in [5.74, 6) is 0.831. The van der Waals surface area contributed by atoms with Crippen molar-refractivity contribution in [1.29, 1.82) is 0 Å². The van der Waals surface area contributed by atoms with Crippen LogP contribution in [0.4, 0.5) is 0 Å². The largest absolute Gasteiger partial charge is 0.366 e. The van der Waals surface area contributed by atoms with Crippen LogP contribution in [0.15, 0.2) is 0 Å². The predicted octanol–water partition coefficient (Wildman–Crippen LogP) is 2.41. The third kappa shape index (κ3) is 2.38. The Hall–Kier alpha value is -0.0451. The van der Waals surface area contributed by atoms with Gasteiger partial charge in [0.1, 0.15) is 7.85 Å². The molecule has 2 aliphatic rings. The van der Waals surface area contributed by atoms with Crippen LogP contribution >= 0.6 is 12.2 Å². The zero-order valence-electron chi connectivity index (χ0n) is 10.3. The minimum absolute atomic E-state index is 0.532. The molecule has 1 nitrogen and oxygen atoms in total. The normalized spacial score (nSPS) is 42.3. The molecule has 3 heteroatoms. The summed E-state index contributed by atoms with van der Waals surface area (Å²) >= 11 is 5.45. The van der Waals surface area contributed by atoms with Gasteiger partial charge in [-0.2, -0.15) is 0 Å². The second kappa shape index (κ2) is 4.08. The van der Waals surface area contributed by atoms with Gasteiger partial charge in [0.2, 0.25) is 0 Å². The van der Waals surface area contributed by atoms with Crippen LogP contribution in [-0.4, -0.2) is 30.8 Å². The average molecular weight is 223 g/mol. The molecule has 2 unspecified atom stereocenters. The summed E-state index contributed by atoms with van der Waals surface area (Å²) in [7, 11) is 4.62. The van der Waals surface area contributed by atoms with Crippen molar-refractivity contribution in [3.63, 3.8) is 0 Å². The van der Waals surface area contributed by atoms with Gasteiger partial charge >= 0.3 is 0 Å². The Labute approximate surface area is 100 Å². The Morgan fingerprint density at radius 3 is 2.93 bits per heavy atom. The van der Waals surface area contributed by atoms with E-state index in [9.17, 15) is 0 Å². The molecule has 1 heterocycles. The summed E-state index contributed by atoms with van der Waals surface area (Å²) in [5, 5.41) is 0.532. The van der Waals surface area contributed by atoms with E-state index in [1.54, 1.807) is 0 Å². The van der Waals surface area contributed by atoms with Crippen molar-refractivity contribution in [1.82, 2.24) is 4.90 Å². The van der Waals surface area contributed by atoms with E-state index < -0.39 is 0 Å². The quantitative estimate of drug-likeness (QED) is 0.458.